The third-order valence-corrected chi connectivity index (χ3v) is 7.16. The van der Waals surface area contributed by atoms with Crippen molar-refractivity contribution in [2.24, 2.45) is 0 Å². The molecule has 2 aliphatic rings. The Kier molecular flexibility index (Phi) is 7.06. The molecule has 2 fully saturated rings. The maximum Gasteiger partial charge on any atom is 0.284 e. The quantitative estimate of drug-likeness (QED) is 0.509. The van der Waals surface area contributed by atoms with Gasteiger partial charge in [-0.3, -0.25) is 19.9 Å². The lowest BCUT2D eigenvalue weighted by atomic mass is 9.90. The molecule has 2 N–H and O–H groups in total. The van der Waals surface area contributed by atoms with Crippen LogP contribution in [0.4, 0.5) is 8.78 Å². The molecule has 0 bridgehead atoms. The first-order valence-electron chi connectivity index (χ1n) is 12.6. The van der Waals surface area contributed by atoms with Crippen molar-refractivity contribution in [3.05, 3.63) is 68.9 Å². The fraction of sp³-hybridized carbons (Fsp3) is 0.462. The summed E-state index contributed by atoms with van der Waals surface area (Å²) in [4.78, 5) is 37.6. The molecule has 4 heterocycles. The van der Waals surface area contributed by atoms with Gasteiger partial charge in [0, 0.05) is 36.8 Å². The zero-order valence-corrected chi connectivity index (χ0v) is 20.3. The number of halogens is 2. The minimum absolute atomic E-state index is 0.0149. The molecule has 5 rings (SSSR count). The average Bonchev–Trinajstić information content (AvgIpc) is 3.38. The van der Waals surface area contributed by atoms with Crippen molar-refractivity contribution in [3.63, 3.8) is 0 Å². The Morgan fingerprint density at radius 3 is 2.56 bits per heavy atom. The van der Waals surface area contributed by atoms with E-state index in [4.69, 9.17) is 0 Å². The number of H-pyrrole nitrogens is 1. The minimum atomic E-state index is -0.606. The first kappa shape index (κ1) is 24.5. The predicted octanol–water partition coefficient (Wildman–Crippen LogP) is 3.28. The number of carbonyl (C=O) groups excluding carboxylic acids is 1. The summed E-state index contributed by atoms with van der Waals surface area (Å²) < 4.78 is 29.6. The Bertz CT molecular complexity index is 1330. The van der Waals surface area contributed by atoms with Crippen molar-refractivity contribution in [1.29, 1.82) is 0 Å². The summed E-state index contributed by atoms with van der Waals surface area (Å²) in [5.41, 5.74) is 4.95. The Morgan fingerprint density at radius 1 is 1.11 bits per heavy atom. The van der Waals surface area contributed by atoms with E-state index in [2.05, 4.69) is 25.3 Å². The third-order valence-electron chi connectivity index (χ3n) is 7.16. The summed E-state index contributed by atoms with van der Waals surface area (Å²) in [6.45, 7) is 5.15. The molecule has 0 atom stereocenters. The summed E-state index contributed by atoms with van der Waals surface area (Å²) in [6.07, 6.45) is 3.94. The van der Waals surface area contributed by atoms with Crippen LogP contribution in [0.15, 0.2) is 29.1 Å². The molecule has 0 saturated carbocycles. The number of likely N-dealkylation sites (tertiary alicyclic amines) is 1. The van der Waals surface area contributed by atoms with Crippen molar-refractivity contribution < 1.29 is 13.6 Å². The van der Waals surface area contributed by atoms with E-state index < -0.39 is 11.9 Å². The zero-order valence-electron chi connectivity index (χ0n) is 20.3. The highest BCUT2D eigenvalue weighted by molar-refractivity contribution is 5.91. The SMILES string of the molecule is CCc1nc2cc(F)c(CN3CCC(c4ccc(C(=O)NN5CCCC5)nc4F)CC3)cc2[nH]c1=O. The van der Waals surface area contributed by atoms with Crippen LogP contribution < -0.4 is 11.0 Å². The van der Waals surface area contributed by atoms with Crippen LogP contribution in [0.2, 0.25) is 0 Å². The minimum Gasteiger partial charge on any atom is -0.319 e. The second-order valence-electron chi connectivity index (χ2n) is 9.59. The van der Waals surface area contributed by atoms with Gasteiger partial charge in [-0.05, 0) is 63.2 Å². The number of hydrogen-bond donors (Lipinski definition) is 2. The number of rotatable bonds is 6. The second kappa shape index (κ2) is 10.4. The number of carbonyl (C=O) groups is 1. The molecule has 2 aromatic heterocycles. The number of aromatic amines is 1. The summed E-state index contributed by atoms with van der Waals surface area (Å²) in [6, 6.07) is 6.27. The maximum absolute atomic E-state index is 14.8. The van der Waals surface area contributed by atoms with Crippen molar-refractivity contribution in [3.8, 4) is 0 Å². The highest BCUT2D eigenvalue weighted by atomic mass is 19.1. The first-order chi connectivity index (χ1) is 17.4. The summed E-state index contributed by atoms with van der Waals surface area (Å²) in [5.74, 6) is -1.37. The van der Waals surface area contributed by atoms with E-state index in [1.54, 1.807) is 18.2 Å². The van der Waals surface area contributed by atoms with Gasteiger partial charge in [-0.15, -0.1) is 0 Å². The molecule has 0 radical (unpaired) electrons. The Morgan fingerprint density at radius 2 is 1.86 bits per heavy atom. The number of amides is 1. The number of piperidine rings is 1. The lowest BCUT2D eigenvalue weighted by Crippen LogP contribution is -2.40. The molecule has 190 valence electrons. The highest BCUT2D eigenvalue weighted by Gasteiger charge is 2.25. The molecule has 0 spiro atoms. The lowest BCUT2D eigenvalue weighted by Gasteiger charge is -2.32. The largest absolute Gasteiger partial charge is 0.319 e. The number of aryl methyl sites for hydroxylation is 1. The van der Waals surface area contributed by atoms with E-state index in [0.717, 1.165) is 25.9 Å². The van der Waals surface area contributed by atoms with E-state index in [1.165, 1.54) is 6.07 Å². The number of nitrogens with zero attached hydrogens (tertiary/aromatic N) is 4. The third kappa shape index (κ3) is 5.15. The Balaban J connectivity index is 1.22. The first-order valence-corrected chi connectivity index (χ1v) is 12.6. The van der Waals surface area contributed by atoms with Crippen LogP contribution in [0.25, 0.3) is 11.0 Å². The van der Waals surface area contributed by atoms with E-state index in [-0.39, 0.29) is 23.0 Å². The van der Waals surface area contributed by atoms with E-state index in [1.807, 2.05) is 11.9 Å². The number of hydrazine groups is 1. The van der Waals surface area contributed by atoms with Crippen LogP contribution in [0.3, 0.4) is 0 Å². The van der Waals surface area contributed by atoms with Gasteiger partial charge in [0.1, 0.15) is 17.2 Å². The fourth-order valence-corrected chi connectivity index (χ4v) is 5.10. The monoisotopic (exact) mass is 496 g/mol. The van der Waals surface area contributed by atoms with Gasteiger partial charge in [0.25, 0.3) is 11.5 Å². The number of nitrogens with one attached hydrogen (secondary N) is 2. The molecule has 3 aromatic rings. The molecule has 8 nitrogen and oxygen atoms in total. The highest BCUT2D eigenvalue weighted by Crippen LogP contribution is 2.30. The van der Waals surface area contributed by atoms with Gasteiger partial charge in [0.2, 0.25) is 5.95 Å². The number of benzene rings is 1. The van der Waals surface area contributed by atoms with Gasteiger partial charge in [0.05, 0.1) is 11.0 Å². The van der Waals surface area contributed by atoms with Crippen LogP contribution in [0.1, 0.15) is 65.8 Å². The normalized spacial score (nSPS) is 17.6. The Hall–Kier alpha value is -3.24. The van der Waals surface area contributed by atoms with E-state index in [0.29, 0.717) is 66.8 Å². The maximum atomic E-state index is 14.8. The van der Waals surface area contributed by atoms with Crippen LogP contribution in [0.5, 0.6) is 0 Å². The molecule has 10 heteroatoms. The summed E-state index contributed by atoms with van der Waals surface area (Å²) in [5, 5.41) is 1.83. The topological polar surface area (TPSA) is 94.2 Å². The molecular weight excluding hydrogens is 466 g/mol. The van der Waals surface area contributed by atoms with Crippen LogP contribution in [-0.4, -0.2) is 56.9 Å². The number of pyridine rings is 1. The van der Waals surface area contributed by atoms with E-state index >= 15 is 0 Å². The summed E-state index contributed by atoms with van der Waals surface area (Å²) >= 11 is 0. The smallest absolute Gasteiger partial charge is 0.284 e. The van der Waals surface area contributed by atoms with Gasteiger partial charge >= 0.3 is 0 Å². The van der Waals surface area contributed by atoms with Crippen molar-refractivity contribution in [1.82, 2.24) is 30.3 Å². The van der Waals surface area contributed by atoms with Gasteiger partial charge in [-0.25, -0.2) is 19.4 Å². The van der Waals surface area contributed by atoms with Crippen LogP contribution >= 0.6 is 0 Å². The second-order valence-corrected chi connectivity index (χ2v) is 9.59. The standard InChI is InChI=1S/C26H30F2N6O2/c1-2-20-25(35)31-22-13-17(19(27)14-23(22)29-20)15-33-11-7-16(8-12-33)18-5-6-21(30-24(18)28)26(36)32-34-9-3-4-10-34/h5-6,13-14,16H,2-4,7-12,15H2,1H3,(H,31,35)(H,32,36). The molecule has 0 unspecified atom stereocenters. The van der Waals surface area contributed by atoms with Crippen LogP contribution in [0, 0.1) is 11.8 Å². The van der Waals surface area contributed by atoms with Gasteiger partial charge in [-0.2, -0.15) is 4.39 Å². The molecule has 0 aliphatic carbocycles. The molecule has 36 heavy (non-hydrogen) atoms. The van der Waals surface area contributed by atoms with E-state index in [9.17, 15) is 18.4 Å². The predicted molar refractivity (Wildman–Crippen MR) is 131 cm³/mol. The van der Waals surface area contributed by atoms with Crippen molar-refractivity contribution in [2.75, 3.05) is 26.2 Å². The fourth-order valence-electron chi connectivity index (χ4n) is 5.10. The number of aromatic nitrogens is 3. The van der Waals surface area contributed by atoms with Gasteiger partial charge in [0.15, 0.2) is 0 Å². The van der Waals surface area contributed by atoms with Crippen molar-refractivity contribution >= 4 is 16.9 Å². The number of fused-ring (bicyclic) bond motifs is 1. The summed E-state index contributed by atoms with van der Waals surface area (Å²) in [7, 11) is 0. The average molecular weight is 497 g/mol. The van der Waals surface area contributed by atoms with Gasteiger partial charge in [-0.1, -0.05) is 13.0 Å². The molecule has 2 aliphatic heterocycles. The molecule has 2 saturated heterocycles. The van der Waals surface area contributed by atoms with Crippen molar-refractivity contribution in [2.45, 2.75) is 51.5 Å². The lowest BCUT2D eigenvalue weighted by molar-refractivity contribution is 0.0819. The van der Waals surface area contributed by atoms with Gasteiger partial charge < -0.3 is 4.98 Å². The number of hydrogen-bond acceptors (Lipinski definition) is 6. The van der Waals surface area contributed by atoms with Crippen LogP contribution in [-0.2, 0) is 13.0 Å². The molecule has 1 aromatic carbocycles. The Labute approximate surface area is 207 Å². The molecular formula is C26H30F2N6O2. The zero-order chi connectivity index (χ0) is 25.2. The molecule has 1 amide bonds.